The predicted octanol–water partition coefficient (Wildman–Crippen LogP) is -3.17. The van der Waals surface area contributed by atoms with Gasteiger partial charge >= 0.3 is 11.9 Å². The molecule has 0 saturated carbocycles. The Bertz CT molecular complexity index is 1260. The van der Waals surface area contributed by atoms with Crippen molar-refractivity contribution in [3.8, 4) is 5.75 Å². The molecule has 0 aromatic heterocycles. The van der Waals surface area contributed by atoms with Crippen LogP contribution in [0.25, 0.3) is 0 Å². The second-order valence-electron chi connectivity index (χ2n) is 11.2. The molecule has 0 bridgehead atoms. The number of ether oxygens (including phenoxy) is 6. The monoisotopic (exact) mass is 672 g/mol. The lowest BCUT2D eigenvalue weighted by Crippen LogP contribution is -2.60. The molecule has 0 spiro atoms. The lowest BCUT2D eigenvalue weighted by Gasteiger charge is -2.42. The first-order valence-corrected chi connectivity index (χ1v) is 14.8. The van der Waals surface area contributed by atoms with Crippen LogP contribution in [0.5, 0.6) is 5.75 Å². The van der Waals surface area contributed by atoms with Crippen molar-refractivity contribution in [1.82, 2.24) is 0 Å². The second kappa shape index (κ2) is 16.3. The largest absolute Gasteiger partial charge is 0.508 e. The van der Waals surface area contributed by atoms with E-state index >= 15 is 0 Å². The van der Waals surface area contributed by atoms with E-state index in [1.807, 2.05) is 0 Å². The number of hydrogen-bond donors (Lipinski definition) is 9. The van der Waals surface area contributed by atoms with Crippen LogP contribution < -0.4 is 0 Å². The smallest absolute Gasteiger partial charge is 0.337 e. The molecule has 0 aliphatic carbocycles. The summed E-state index contributed by atoms with van der Waals surface area (Å²) in [6, 6.07) is 6.23. The van der Waals surface area contributed by atoms with E-state index in [0.29, 0.717) is 0 Å². The van der Waals surface area contributed by atoms with Gasteiger partial charge in [-0.15, -0.1) is 0 Å². The third-order valence-corrected chi connectivity index (χ3v) is 8.07. The zero-order chi connectivity index (χ0) is 34.4. The molecule has 47 heavy (non-hydrogen) atoms. The van der Waals surface area contributed by atoms with E-state index in [0.717, 1.165) is 11.8 Å². The molecule has 0 unspecified atom stereocenters. The second-order valence-corrected chi connectivity index (χ2v) is 11.2. The van der Waals surface area contributed by atoms with Crippen LogP contribution in [-0.2, 0) is 44.4 Å². The molecule has 3 aliphatic heterocycles. The number of allylic oxidation sites excluding steroid dienone is 1. The van der Waals surface area contributed by atoms with Gasteiger partial charge in [-0.25, -0.2) is 4.79 Å². The minimum Gasteiger partial charge on any atom is -0.508 e. The number of esters is 2. The van der Waals surface area contributed by atoms with Crippen LogP contribution in [0.3, 0.4) is 0 Å². The average Bonchev–Trinajstić information content (AvgIpc) is 3.06. The highest BCUT2D eigenvalue weighted by Crippen LogP contribution is 2.37. The highest BCUT2D eigenvalue weighted by molar-refractivity contribution is 5.91. The van der Waals surface area contributed by atoms with E-state index in [1.54, 1.807) is 12.1 Å². The molecule has 17 nitrogen and oxygen atoms in total. The fourth-order valence-electron chi connectivity index (χ4n) is 5.32. The highest BCUT2D eigenvalue weighted by Gasteiger charge is 2.48. The van der Waals surface area contributed by atoms with Gasteiger partial charge in [0.15, 0.2) is 6.29 Å². The molecule has 12 atom stereocenters. The highest BCUT2D eigenvalue weighted by atomic mass is 16.8. The summed E-state index contributed by atoms with van der Waals surface area (Å²) < 4.78 is 32.7. The number of hydrogen-bond acceptors (Lipinski definition) is 17. The summed E-state index contributed by atoms with van der Waals surface area (Å²) >= 11 is 0. The van der Waals surface area contributed by atoms with E-state index < -0.39 is 105 Å². The Kier molecular flexibility index (Phi) is 12.7. The maximum atomic E-state index is 13.3. The topological polar surface area (TPSA) is 272 Å². The number of benzene rings is 1. The molecular formula is C30H40O17. The SMILES string of the molecule is CC=C1[C@H](O[C@@H]2O[C@H](CO)[C@@H](O)[C@H](O)[C@H]2O)OC=C(C(=O)OCCc2ccc(O)cc2)[C@H]1CC(=O)O[C@@H]1O[C@H](CO)[C@@H](O)[C@H](O)[C@H]1O. The predicted molar refractivity (Wildman–Crippen MR) is 152 cm³/mol. The van der Waals surface area contributed by atoms with Gasteiger partial charge in [0.25, 0.3) is 0 Å². The van der Waals surface area contributed by atoms with Crippen LogP contribution in [0, 0.1) is 5.92 Å². The normalized spacial score (nSPS) is 36.7. The first-order valence-electron chi connectivity index (χ1n) is 14.8. The Morgan fingerprint density at radius 2 is 1.40 bits per heavy atom. The molecule has 3 heterocycles. The van der Waals surface area contributed by atoms with Gasteiger partial charge in [-0.2, -0.15) is 0 Å². The van der Waals surface area contributed by atoms with E-state index in [-0.39, 0.29) is 29.9 Å². The van der Waals surface area contributed by atoms with Crippen LogP contribution in [0.1, 0.15) is 18.9 Å². The van der Waals surface area contributed by atoms with Crippen LogP contribution >= 0.6 is 0 Å². The molecular weight excluding hydrogens is 632 g/mol. The summed E-state index contributed by atoms with van der Waals surface area (Å²) in [5, 5.41) is 89.6. The number of aromatic hydroxyl groups is 1. The summed E-state index contributed by atoms with van der Waals surface area (Å²) in [4.78, 5) is 26.5. The van der Waals surface area contributed by atoms with E-state index in [1.165, 1.54) is 25.1 Å². The molecule has 9 N–H and O–H groups in total. The van der Waals surface area contributed by atoms with Gasteiger partial charge in [0.1, 0.15) is 54.6 Å². The van der Waals surface area contributed by atoms with Crippen molar-refractivity contribution >= 4 is 11.9 Å². The molecule has 3 aliphatic rings. The Hall–Kier alpha value is -3.20. The molecule has 262 valence electrons. The number of carbonyl (C=O) groups is 2. The number of aliphatic hydroxyl groups excluding tert-OH is 8. The number of carbonyl (C=O) groups excluding carboxylic acids is 2. The van der Waals surface area contributed by atoms with E-state index in [9.17, 15) is 55.5 Å². The van der Waals surface area contributed by atoms with Crippen LogP contribution in [-0.4, -0.2) is 145 Å². The molecule has 2 saturated heterocycles. The van der Waals surface area contributed by atoms with E-state index in [2.05, 4.69) is 0 Å². The maximum Gasteiger partial charge on any atom is 0.337 e. The molecule has 4 rings (SSSR count). The van der Waals surface area contributed by atoms with Crippen molar-refractivity contribution < 1.29 is 84.0 Å². The summed E-state index contributed by atoms with van der Waals surface area (Å²) in [6.45, 7) is -0.0584. The van der Waals surface area contributed by atoms with Crippen LogP contribution in [0.2, 0.25) is 0 Å². The van der Waals surface area contributed by atoms with Gasteiger partial charge in [0.05, 0.1) is 38.1 Å². The van der Waals surface area contributed by atoms with E-state index in [4.69, 9.17) is 28.4 Å². The summed E-state index contributed by atoms with van der Waals surface area (Å²) in [5.41, 5.74) is 0.718. The Morgan fingerprint density at radius 3 is 1.98 bits per heavy atom. The average molecular weight is 673 g/mol. The summed E-state index contributed by atoms with van der Waals surface area (Å²) in [7, 11) is 0. The van der Waals surface area contributed by atoms with Gasteiger partial charge in [0, 0.05) is 17.9 Å². The third kappa shape index (κ3) is 8.45. The molecule has 0 amide bonds. The van der Waals surface area contributed by atoms with Gasteiger partial charge in [-0.1, -0.05) is 18.2 Å². The number of aliphatic hydroxyl groups is 8. The number of phenolic OH excluding ortho intramolecular Hbond substituents is 1. The molecule has 2 fully saturated rings. The summed E-state index contributed by atoms with van der Waals surface area (Å²) in [5.74, 6) is -3.06. The molecule has 0 radical (unpaired) electrons. The van der Waals surface area contributed by atoms with Crippen molar-refractivity contribution in [2.24, 2.45) is 5.92 Å². The quantitative estimate of drug-likeness (QED) is 0.0828. The van der Waals surface area contributed by atoms with Crippen molar-refractivity contribution in [2.75, 3.05) is 19.8 Å². The van der Waals surface area contributed by atoms with Gasteiger partial charge in [-0.05, 0) is 24.6 Å². The number of phenols is 1. The minimum atomic E-state index is -1.88. The van der Waals surface area contributed by atoms with Crippen molar-refractivity contribution in [3.05, 3.63) is 53.3 Å². The van der Waals surface area contributed by atoms with Crippen LogP contribution in [0.15, 0.2) is 47.7 Å². The first kappa shape index (κ1) is 36.6. The lowest BCUT2D eigenvalue weighted by atomic mass is 9.86. The minimum absolute atomic E-state index is 0.0630. The fraction of sp³-hybridized carbons (Fsp3) is 0.600. The Labute approximate surface area is 268 Å². The first-order chi connectivity index (χ1) is 22.4. The maximum absolute atomic E-state index is 13.3. The van der Waals surface area contributed by atoms with Gasteiger partial charge in [-0.3, -0.25) is 4.79 Å². The Balaban J connectivity index is 1.53. The van der Waals surface area contributed by atoms with Crippen molar-refractivity contribution in [3.63, 3.8) is 0 Å². The summed E-state index contributed by atoms with van der Waals surface area (Å²) in [6.07, 6.45) is -16.1. The molecule has 1 aromatic rings. The van der Waals surface area contributed by atoms with Gasteiger partial charge in [0.2, 0.25) is 12.6 Å². The molecule has 1 aromatic carbocycles. The molecule has 17 heteroatoms. The standard InChI is InChI=1S/C30H40O17/c1-2-15-16(9-20(34)46-29-25(39)23(37)21(35)18(10-31)44-29)17(27(41)42-8-7-13-3-5-14(33)6-4-13)12-43-28(15)47-30-26(40)24(38)22(36)19(11-32)45-30/h2-6,12,16,18-19,21-26,28-33,35-40H,7-11H2,1H3/t16-,18+,19+,21+,22+,23-,24-,25+,26+,28-,29-,30-/m0/s1. The van der Waals surface area contributed by atoms with Crippen molar-refractivity contribution in [2.45, 2.75) is 87.5 Å². The number of rotatable bonds is 11. The third-order valence-electron chi connectivity index (χ3n) is 8.07. The van der Waals surface area contributed by atoms with Crippen LogP contribution in [0.4, 0.5) is 0 Å². The Morgan fingerprint density at radius 1 is 0.830 bits per heavy atom. The fourth-order valence-corrected chi connectivity index (χ4v) is 5.32. The lowest BCUT2D eigenvalue weighted by molar-refractivity contribution is -0.327. The zero-order valence-corrected chi connectivity index (χ0v) is 25.2. The zero-order valence-electron chi connectivity index (χ0n) is 25.2. The van der Waals surface area contributed by atoms with Crippen molar-refractivity contribution in [1.29, 1.82) is 0 Å². The van der Waals surface area contributed by atoms with Gasteiger partial charge < -0.3 is 74.4 Å².